The molecule has 0 spiro atoms. The predicted molar refractivity (Wildman–Crippen MR) is 87.0 cm³/mol. The lowest BCUT2D eigenvalue weighted by Crippen LogP contribution is -2.49. The van der Waals surface area contributed by atoms with E-state index in [-0.39, 0.29) is 5.97 Å². The van der Waals surface area contributed by atoms with Gasteiger partial charge in [-0.25, -0.2) is 4.79 Å². The third-order valence-electron chi connectivity index (χ3n) is 6.52. The Morgan fingerprint density at radius 2 is 1.73 bits per heavy atom. The van der Waals surface area contributed by atoms with Crippen LogP contribution < -0.4 is 0 Å². The number of rotatable bonds is 3. The van der Waals surface area contributed by atoms with E-state index in [2.05, 4.69) is 19.1 Å². The van der Waals surface area contributed by atoms with Gasteiger partial charge in [-0.1, -0.05) is 13.0 Å². The van der Waals surface area contributed by atoms with Gasteiger partial charge in [0.15, 0.2) is 0 Å². The molecule has 5 rings (SSSR count). The van der Waals surface area contributed by atoms with Crippen LogP contribution in [0.25, 0.3) is 0 Å². The summed E-state index contributed by atoms with van der Waals surface area (Å²) in [4.78, 5) is 12.0. The predicted octanol–water partition coefficient (Wildman–Crippen LogP) is 4.50. The van der Waals surface area contributed by atoms with E-state index in [1.54, 1.807) is 0 Å². The summed E-state index contributed by atoms with van der Waals surface area (Å²) in [6.07, 6.45) is 9.45. The molecule has 0 amide bonds. The highest BCUT2D eigenvalue weighted by Gasteiger charge is 2.52. The second kappa shape index (κ2) is 5.11. The van der Waals surface area contributed by atoms with E-state index in [0.29, 0.717) is 5.41 Å². The Labute approximate surface area is 133 Å². The summed E-state index contributed by atoms with van der Waals surface area (Å²) in [7, 11) is 1.47. The highest BCUT2D eigenvalue weighted by molar-refractivity contribution is 5.89. The van der Waals surface area contributed by atoms with Gasteiger partial charge in [0.25, 0.3) is 0 Å². The summed E-state index contributed by atoms with van der Waals surface area (Å²) in [6.45, 7) is 2.23. The van der Waals surface area contributed by atoms with Gasteiger partial charge in [-0.05, 0) is 91.4 Å². The Balaban J connectivity index is 1.79. The molecule has 22 heavy (non-hydrogen) atoms. The lowest BCUT2D eigenvalue weighted by Gasteiger charge is -2.57. The van der Waals surface area contributed by atoms with E-state index in [9.17, 15) is 4.79 Å². The van der Waals surface area contributed by atoms with Crippen molar-refractivity contribution in [1.82, 2.24) is 0 Å². The summed E-state index contributed by atoms with van der Waals surface area (Å²) in [5, 5.41) is 0. The van der Waals surface area contributed by atoms with Crippen molar-refractivity contribution in [3.63, 3.8) is 0 Å². The van der Waals surface area contributed by atoms with Gasteiger partial charge in [0.2, 0.25) is 0 Å². The molecule has 0 aromatic heterocycles. The van der Waals surface area contributed by atoms with Crippen LogP contribution in [0.4, 0.5) is 0 Å². The number of hydrogen-bond donors (Lipinski definition) is 0. The topological polar surface area (TPSA) is 26.3 Å². The molecule has 1 aromatic carbocycles. The molecular weight excluding hydrogens is 272 g/mol. The maximum atomic E-state index is 12.0. The SMILES string of the molecule is CCc1ccc(C(=O)OC)cc1C12CC3CC(CC(C3)C1)C2. The molecule has 0 heterocycles. The van der Waals surface area contributed by atoms with E-state index in [1.165, 1.54) is 56.8 Å². The molecule has 0 unspecified atom stereocenters. The van der Waals surface area contributed by atoms with Crippen molar-refractivity contribution in [2.75, 3.05) is 7.11 Å². The first kappa shape index (κ1) is 14.3. The monoisotopic (exact) mass is 298 g/mol. The number of ether oxygens (including phenoxy) is 1. The van der Waals surface area contributed by atoms with Crippen molar-refractivity contribution < 1.29 is 9.53 Å². The van der Waals surface area contributed by atoms with Crippen LogP contribution in [0.3, 0.4) is 0 Å². The second-order valence-corrected chi connectivity index (χ2v) is 7.91. The van der Waals surface area contributed by atoms with Crippen LogP contribution in [0.2, 0.25) is 0 Å². The quantitative estimate of drug-likeness (QED) is 0.768. The highest BCUT2D eigenvalue weighted by atomic mass is 16.5. The molecule has 2 nitrogen and oxygen atoms in total. The van der Waals surface area contributed by atoms with E-state index >= 15 is 0 Å². The largest absolute Gasteiger partial charge is 0.465 e. The molecular formula is C20H26O2. The molecule has 4 saturated carbocycles. The minimum atomic E-state index is -0.200. The first-order valence-electron chi connectivity index (χ1n) is 8.85. The van der Waals surface area contributed by atoms with Crippen molar-refractivity contribution >= 4 is 5.97 Å². The number of hydrogen-bond acceptors (Lipinski definition) is 2. The molecule has 4 bridgehead atoms. The highest BCUT2D eigenvalue weighted by Crippen LogP contribution is 2.61. The molecule has 0 saturated heterocycles. The zero-order valence-electron chi connectivity index (χ0n) is 13.7. The van der Waals surface area contributed by atoms with Crippen LogP contribution in [0.15, 0.2) is 18.2 Å². The average Bonchev–Trinajstić information content (AvgIpc) is 2.52. The smallest absolute Gasteiger partial charge is 0.337 e. The Morgan fingerprint density at radius 1 is 1.14 bits per heavy atom. The Bertz CT molecular complexity index is 566. The average molecular weight is 298 g/mol. The fourth-order valence-corrected chi connectivity index (χ4v) is 6.06. The van der Waals surface area contributed by atoms with Gasteiger partial charge >= 0.3 is 5.97 Å². The van der Waals surface area contributed by atoms with E-state index in [4.69, 9.17) is 4.74 Å². The van der Waals surface area contributed by atoms with Gasteiger partial charge < -0.3 is 4.74 Å². The number of methoxy groups -OCH3 is 1. The van der Waals surface area contributed by atoms with Gasteiger partial charge in [0, 0.05) is 0 Å². The zero-order valence-corrected chi connectivity index (χ0v) is 13.7. The molecule has 4 aliphatic carbocycles. The van der Waals surface area contributed by atoms with Gasteiger partial charge in [-0.2, -0.15) is 0 Å². The van der Waals surface area contributed by atoms with Crippen LogP contribution in [-0.4, -0.2) is 13.1 Å². The minimum Gasteiger partial charge on any atom is -0.465 e. The first-order chi connectivity index (χ1) is 10.6. The van der Waals surface area contributed by atoms with Crippen LogP contribution in [0.5, 0.6) is 0 Å². The normalized spacial score (nSPS) is 35.6. The van der Waals surface area contributed by atoms with E-state index < -0.39 is 0 Å². The van der Waals surface area contributed by atoms with Crippen LogP contribution in [-0.2, 0) is 16.6 Å². The lowest BCUT2D eigenvalue weighted by molar-refractivity contribution is -0.00559. The third-order valence-corrected chi connectivity index (χ3v) is 6.52. The number of benzene rings is 1. The fourth-order valence-electron chi connectivity index (χ4n) is 6.06. The third kappa shape index (κ3) is 2.11. The summed E-state index contributed by atoms with van der Waals surface area (Å²) < 4.78 is 4.94. The number of carbonyl (C=O) groups excluding carboxylic acids is 1. The number of esters is 1. The Hall–Kier alpha value is -1.31. The molecule has 0 radical (unpaired) electrons. The van der Waals surface area contributed by atoms with E-state index in [0.717, 1.165) is 29.7 Å². The van der Waals surface area contributed by atoms with Gasteiger partial charge in [0.1, 0.15) is 0 Å². The molecule has 118 valence electrons. The van der Waals surface area contributed by atoms with E-state index in [1.807, 2.05) is 6.07 Å². The zero-order chi connectivity index (χ0) is 15.3. The standard InChI is InChI=1S/C20H26O2/c1-3-16-4-5-17(19(21)22-2)9-18(16)20-10-13-6-14(11-20)8-15(7-13)12-20/h4-5,9,13-15H,3,6-8,10-12H2,1-2H3. The second-order valence-electron chi connectivity index (χ2n) is 7.91. The summed E-state index contributed by atoms with van der Waals surface area (Å²) in [6, 6.07) is 6.27. The van der Waals surface area contributed by atoms with Crippen molar-refractivity contribution in [2.45, 2.75) is 57.3 Å². The van der Waals surface area contributed by atoms with Crippen molar-refractivity contribution in [2.24, 2.45) is 17.8 Å². The van der Waals surface area contributed by atoms with Crippen LogP contribution in [0.1, 0.15) is 66.9 Å². The summed E-state index contributed by atoms with van der Waals surface area (Å²) in [5.74, 6) is 2.59. The molecule has 4 fully saturated rings. The maximum Gasteiger partial charge on any atom is 0.337 e. The number of aryl methyl sites for hydroxylation is 1. The molecule has 2 heteroatoms. The summed E-state index contributed by atoms with van der Waals surface area (Å²) in [5.41, 5.74) is 3.99. The molecule has 1 aromatic rings. The maximum absolute atomic E-state index is 12.0. The molecule has 4 aliphatic rings. The first-order valence-corrected chi connectivity index (χ1v) is 8.85. The van der Waals surface area contributed by atoms with Crippen molar-refractivity contribution in [1.29, 1.82) is 0 Å². The number of carbonyl (C=O) groups is 1. The molecule has 0 N–H and O–H groups in total. The van der Waals surface area contributed by atoms with Crippen molar-refractivity contribution in [3.8, 4) is 0 Å². The Morgan fingerprint density at radius 3 is 2.23 bits per heavy atom. The molecule has 0 aliphatic heterocycles. The van der Waals surface area contributed by atoms with Crippen LogP contribution in [0, 0.1) is 17.8 Å². The van der Waals surface area contributed by atoms with Crippen LogP contribution >= 0.6 is 0 Å². The lowest BCUT2D eigenvalue weighted by atomic mass is 9.47. The summed E-state index contributed by atoms with van der Waals surface area (Å²) >= 11 is 0. The fraction of sp³-hybridized carbons (Fsp3) is 0.650. The van der Waals surface area contributed by atoms with Crippen molar-refractivity contribution in [3.05, 3.63) is 34.9 Å². The minimum absolute atomic E-state index is 0.200. The van der Waals surface area contributed by atoms with Gasteiger partial charge in [0.05, 0.1) is 12.7 Å². The van der Waals surface area contributed by atoms with Gasteiger partial charge in [-0.3, -0.25) is 0 Å². The molecule has 0 atom stereocenters. The van der Waals surface area contributed by atoms with Gasteiger partial charge in [-0.15, -0.1) is 0 Å². The Kier molecular flexibility index (Phi) is 3.32.